The second-order valence-corrected chi connectivity index (χ2v) is 22.1. The van der Waals surface area contributed by atoms with Crippen LogP contribution in [0, 0.1) is 11.8 Å². The Bertz CT molecular complexity index is 983. The number of benzene rings is 4. The topological polar surface area (TPSA) is 0 Å². The van der Waals surface area contributed by atoms with Crippen LogP contribution in [0.2, 0.25) is 10.5 Å². The first-order chi connectivity index (χ1) is 15.8. The summed E-state index contributed by atoms with van der Waals surface area (Å²) < 4.78 is 3.38. The molecule has 0 nitrogen and oxygen atoms in total. The molecular weight excluding hydrogens is 464 g/mol. The summed E-state index contributed by atoms with van der Waals surface area (Å²) in [6, 6.07) is 46.3. The summed E-state index contributed by atoms with van der Waals surface area (Å²) in [5.74, 6) is 1.73. The van der Waals surface area contributed by atoms with E-state index < -0.39 is 20.5 Å². The molecule has 0 saturated carbocycles. The van der Waals surface area contributed by atoms with Gasteiger partial charge in [-0.15, -0.1) is 0 Å². The number of rotatable bonds is 4. The molecule has 0 amide bonds. The monoisotopic (exact) mass is 495 g/mol. The summed E-state index contributed by atoms with van der Waals surface area (Å²) in [6.07, 6.45) is 2.80. The van der Waals surface area contributed by atoms with Gasteiger partial charge in [-0.3, -0.25) is 0 Å². The van der Waals surface area contributed by atoms with Gasteiger partial charge >= 0.3 is 196 Å². The molecule has 4 aromatic carbocycles. The van der Waals surface area contributed by atoms with E-state index >= 15 is 0 Å². The summed E-state index contributed by atoms with van der Waals surface area (Å²) in [5.41, 5.74) is 0. The van der Waals surface area contributed by atoms with Crippen LogP contribution in [0.5, 0.6) is 0 Å². The van der Waals surface area contributed by atoms with Crippen molar-refractivity contribution in [3.63, 3.8) is 0 Å². The van der Waals surface area contributed by atoms with Gasteiger partial charge in [0, 0.05) is 0 Å². The summed E-state index contributed by atoms with van der Waals surface area (Å²) in [4.78, 5) is 0. The molecule has 32 heavy (non-hydrogen) atoms. The number of fused-ring (bicyclic) bond motifs is 1. The molecule has 4 aromatic rings. The molecule has 0 N–H and O–H groups in total. The van der Waals surface area contributed by atoms with E-state index in [4.69, 9.17) is 0 Å². The van der Waals surface area contributed by atoms with E-state index in [0.29, 0.717) is 0 Å². The fourth-order valence-corrected chi connectivity index (χ4v) is 25.3. The van der Waals surface area contributed by atoms with Gasteiger partial charge in [-0.05, 0) is 0 Å². The number of hydrogen-bond acceptors (Lipinski definition) is 0. The van der Waals surface area contributed by atoms with Gasteiger partial charge in [-0.25, -0.2) is 0 Å². The zero-order chi connectivity index (χ0) is 21.4. The standard InChI is InChI=1S/C30H30GeP/c1-5-13-27(14-6-1)31(28-15-7-2-8-16-28)21-25-23-32(24-26(25)22-31,29-17-9-3-10-18-29)30-19-11-4-12-20-30/h1-20,25-26H,21-24H2/q+1/t25-,26-/m1/s1. The molecule has 2 aliphatic rings. The van der Waals surface area contributed by atoms with E-state index in [0.717, 1.165) is 11.8 Å². The average molecular weight is 494 g/mol. The molecule has 2 fully saturated rings. The first-order valence-corrected chi connectivity index (χ1v) is 19.1. The predicted octanol–water partition coefficient (Wildman–Crippen LogP) is 5.18. The molecule has 0 bridgehead atoms. The minimum absolute atomic E-state index is 0.865. The Labute approximate surface area is 195 Å². The summed E-state index contributed by atoms with van der Waals surface area (Å²) >= 11 is -2.39. The molecule has 0 aromatic heterocycles. The van der Waals surface area contributed by atoms with Gasteiger partial charge in [0.1, 0.15) is 0 Å². The molecule has 2 heteroatoms. The van der Waals surface area contributed by atoms with Gasteiger partial charge in [0.25, 0.3) is 0 Å². The van der Waals surface area contributed by atoms with Crippen molar-refractivity contribution in [2.75, 3.05) is 12.3 Å². The van der Waals surface area contributed by atoms with Crippen molar-refractivity contribution in [1.82, 2.24) is 0 Å². The number of hydrogen-bond donors (Lipinski definition) is 0. The third-order valence-corrected chi connectivity index (χ3v) is 24.1. The van der Waals surface area contributed by atoms with Crippen LogP contribution < -0.4 is 19.4 Å². The third kappa shape index (κ3) is 3.31. The quantitative estimate of drug-likeness (QED) is 0.271. The van der Waals surface area contributed by atoms with Crippen LogP contribution in [0.4, 0.5) is 0 Å². The molecule has 0 aliphatic carbocycles. The Morgan fingerprint density at radius 3 is 1.19 bits per heavy atom. The zero-order valence-corrected chi connectivity index (χ0v) is 21.5. The van der Waals surface area contributed by atoms with Gasteiger partial charge in [0.15, 0.2) is 0 Å². The normalized spacial score (nSPS) is 23.0. The molecule has 0 spiro atoms. The molecule has 2 saturated heterocycles. The Kier molecular flexibility index (Phi) is 5.32. The van der Waals surface area contributed by atoms with E-state index in [1.807, 2.05) is 0 Å². The Hall–Kier alpha value is -2.15. The van der Waals surface area contributed by atoms with Crippen LogP contribution in [0.15, 0.2) is 121 Å². The SMILES string of the molecule is c1ccc([P+]2(c3ccccc3)C[C@H]3[CH2][Ge]([c]4ccccc4)([c]4ccccc4)[CH2][C@@H]3C2)cc1. The molecule has 0 radical (unpaired) electrons. The molecule has 2 heterocycles. The van der Waals surface area contributed by atoms with Crippen molar-refractivity contribution in [2.24, 2.45) is 11.8 Å². The third-order valence-electron chi connectivity index (χ3n) is 8.13. The van der Waals surface area contributed by atoms with Crippen LogP contribution >= 0.6 is 7.26 Å². The van der Waals surface area contributed by atoms with Gasteiger partial charge in [0.2, 0.25) is 0 Å². The second-order valence-electron chi connectivity index (χ2n) is 9.75. The van der Waals surface area contributed by atoms with Crippen molar-refractivity contribution in [1.29, 1.82) is 0 Å². The predicted molar refractivity (Wildman–Crippen MR) is 143 cm³/mol. The first kappa shape index (κ1) is 20.5. The van der Waals surface area contributed by atoms with Crippen LogP contribution in [0.25, 0.3) is 0 Å². The zero-order valence-electron chi connectivity index (χ0n) is 18.5. The molecule has 158 valence electrons. The van der Waals surface area contributed by atoms with Crippen molar-refractivity contribution in [2.45, 2.75) is 10.5 Å². The molecule has 2 aliphatic heterocycles. The van der Waals surface area contributed by atoms with Crippen molar-refractivity contribution in [3.8, 4) is 0 Å². The van der Waals surface area contributed by atoms with E-state index in [2.05, 4.69) is 121 Å². The van der Waals surface area contributed by atoms with E-state index in [1.54, 1.807) is 19.4 Å². The van der Waals surface area contributed by atoms with E-state index in [1.165, 1.54) is 22.8 Å². The fraction of sp³-hybridized carbons (Fsp3) is 0.200. The molecule has 6 rings (SSSR count). The Morgan fingerprint density at radius 2 is 0.812 bits per heavy atom. The van der Waals surface area contributed by atoms with Crippen LogP contribution in [-0.2, 0) is 0 Å². The first-order valence-electron chi connectivity index (χ1n) is 11.9. The van der Waals surface area contributed by atoms with Crippen molar-refractivity contribution in [3.05, 3.63) is 121 Å². The van der Waals surface area contributed by atoms with E-state index in [9.17, 15) is 0 Å². The minimum atomic E-state index is -2.39. The van der Waals surface area contributed by atoms with Gasteiger partial charge in [0.05, 0.1) is 0 Å². The summed E-state index contributed by atoms with van der Waals surface area (Å²) in [7, 11) is -1.34. The molecular formula is C30H30GeP+. The van der Waals surface area contributed by atoms with Crippen molar-refractivity contribution >= 4 is 39.9 Å². The fourth-order valence-electron chi connectivity index (χ4n) is 6.76. The maximum atomic E-state index is 2.45. The molecule has 0 unspecified atom stereocenters. The van der Waals surface area contributed by atoms with Crippen LogP contribution in [0.3, 0.4) is 0 Å². The Balaban J connectivity index is 1.42. The average Bonchev–Trinajstić information content (AvgIpc) is 3.42. The van der Waals surface area contributed by atoms with Crippen LogP contribution in [-0.4, -0.2) is 25.6 Å². The van der Waals surface area contributed by atoms with Crippen LogP contribution in [0.1, 0.15) is 0 Å². The molecule has 2 atom stereocenters. The van der Waals surface area contributed by atoms with Gasteiger partial charge in [-0.1, -0.05) is 0 Å². The summed E-state index contributed by atoms with van der Waals surface area (Å²) in [5, 5.41) is 6.16. The van der Waals surface area contributed by atoms with Gasteiger partial charge < -0.3 is 0 Å². The van der Waals surface area contributed by atoms with Gasteiger partial charge in [-0.2, -0.15) is 0 Å². The summed E-state index contributed by atoms with van der Waals surface area (Å²) in [6.45, 7) is 0. The Morgan fingerprint density at radius 1 is 0.469 bits per heavy atom. The maximum absolute atomic E-state index is 2.45. The van der Waals surface area contributed by atoms with Crippen molar-refractivity contribution < 1.29 is 0 Å². The van der Waals surface area contributed by atoms with E-state index in [-0.39, 0.29) is 0 Å². The second kappa shape index (κ2) is 8.32.